The molecule has 0 atom stereocenters. The zero-order valence-corrected chi connectivity index (χ0v) is 47.5. The van der Waals surface area contributed by atoms with Crippen LogP contribution in [0.1, 0.15) is 172 Å². The van der Waals surface area contributed by atoms with Crippen molar-refractivity contribution >= 4 is 0 Å². The van der Waals surface area contributed by atoms with E-state index in [2.05, 4.69) is 132 Å². The Hall–Kier alpha value is -5.00. The van der Waals surface area contributed by atoms with Gasteiger partial charge in [-0.2, -0.15) is 0 Å². The number of ether oxygens (including phenoxy) is 2. The first kappa shape index (κ1) is 56.6. The molecule has 6 aromatic rings. The van der Waals surface area contributed by atoms with Crippen LogP contribution in [0.5, 0.6) is 34.5 Å². The zero-order chi connectivity index (χ0) is 50.8. The summed E-state index contributed by atoms with van der Waals surface area (Å²) in [4.78, 5) is 0. The van der Waals surface area contributed by atoms with E-state index in [4.69, 9.17) is 9.47 Å². The molecule has 0 aliphatic heterocycles. The van der Waals surface area contributed by atoms with Gasteiger partial charge in [0.25, 0.3) is 0 Å². The maximum absolute atomic E-state index is 12.1. The number of hydrogen-bond acceptors (Lipinski definition) is 6. The van der Waals surface area contributed by atoms with Crippen molar-refractivity contribution in [1.82, 2.24) is 0 Å². The maximum Gasteiger partial charge on any atom is 0.125 e. The van der Waals surface area contributed by atoms with E-state index < -0.39 is 0 Å². The fourth-order valence-electron chi connectivity index (χ4n) is 8.78. The summed E-state index contributed by atoms with van der Waals surface area (Å²) in [5.74, 6) is 3.07. The third-order valence-corrected chi connectivity index (χ3v) is 13.3. The van der Waals surface area contributed by atoms with Crippen molar-refractivity contribution in [2.45, 2.75) is 158 Å². The van der Waals surface area contributed by atoms with E-state index in [1.165, 1.54) is 22.3 Å². The molecule has 0 radical (unpaired) electrons. The van der Waals surface area contributed by atoms with Crippen molar-refractivity contribution in [3.8, 4) is 34.5 Å². The van der Waals surface area contributed by atoms with Crippen LogP contribution in [-0.4, -0.2) is 34.6 Å². The zero-order valence-electron chi connectivity index (χ0n) is 45.0. The van der Waals surface area contributed by atoms with Crippen LogP contribution in [0.3, 0.4) is 0 Å². The number of phenolic OH excluding ortho intramolecular Hbond substituents is 4. The van der Waals surface area contributed by atoms with Gasteiger partial charge in [-0.25, -0.2) is 0 Å². The van der Waals surface area contributed by atoms with Crippen LogP contribution in [0.25, 0.3) is 0 Å². The summed E-state index contributed by atoms with van der Waals surface area (Å²) in [5.41, 5.74) is 15.6. The van der Waals surface area contributed by atoms with Gasteiger partial charge in [0.2, 0.25) is 0 Å². The second kappa shape index (κ2) is 22.0. The molecule has 7 rings (SSSR count). The van der Waals surface area contributed by atoms with Crippen LogP contribution in [0.2, 0.25) is 0 Å². The first-order valence-electron chi connectivity index (χ1n) is 24.1. The molecule has 1 aliphatic carbocycles. The second-order valence-electron chi connectivity index (χ2n) is 23.1. The summed E-state index contributed by atoms with van der Waals surface area (Å²) < 4.78 is 12.5. The topological polar surface area (TPSA) is 99.4 Å². The van der Waals surface area contributed by atoms with Gasteiger partial charge >= 0.3 is 0 Å². The Labute approximate surface area is 434 Å². The summed E-state index contributed by atoms with van der Waals surface area (Å²) in [6.07, 6.45) is 2.03. The van der Waals surface area contributed by atoms with E-state index in [1.807, 2.05) is 64.1 Å². The third kappa shape index (κ3) is 13.7. The number of fused-ring (bicyclic) bond motifs is 8. The monoisotopic (exact) mass is 1010 g/mol. The molecule has 368 valence electrons. The minimum Gasteiger partial charge on any atom is -0.507 e. The summed E-state index contributed by atoms with van der Waals surface area (Å²) in [7, 11) is 3.47. The number of aromatic hydroxyl groups is 4. The fourth-order valence-corrected chi connectivity index (χ4v) is 8.78. The minimum absolute atomic E-state index is 0. The smallest absolute Gasteiger partial charge is 0.125 e. The van der Waals surface area contributed by atoms with Gasteiger partial charge in [0.1, 0.15) is 34.5 Å². The summed E-state index contributed by atoms with van der Waals surface area (Å²) >= 11 is 0. The number of rotatable bonds is 2. The van der Waals surface area contributed by atoms with Gasteiger partial charge < -0.3 is 29.9 Å². The van der Waals surface area contributed by atoms with Crippen molar-refractivity contribution in [1.29, 1.82) is 0 Å². The van der Waals surface area contributed by atoms with Gasteiger partial charge in [-0.15, -0.1) is 0 Å². The number of phenols is 4. The van der Waals surface area contributed by atoms with Crippen LogP contribution in [0.15, 0.2) is 84.9 Å². The Bertz CT molecular complexity index is 2440. The molecule has 6 aromatic carbocycles. The quantitative estimate of drug-likeness (QED) is 0.138. The third-order valence-electron chi connectivity index (χ3n) is 13.3. The Balaban J connectivity index is 0.000000452. The molecule has 1 aliphatic rings. The molecule has 0 spiro atoms. The average Bonchev–Trinajstić information content (AvgIpc) is 3.23. The number of hydrogen-bond donors (Lipinski definition) is 4. The minimum atomic E-state index is -0.131. The average molecular weight is 1010 g/mol. The first-order chi connectivity index (χ1) is 31.4. The SMILES string of the molecule is COc1c2cc(C(C)(C)C)cc1Cc1cc(C(C)(C)C)cc(c1O)Cc1cc(C(C)(C)C)cc(c1OC)Cc1cc(C(C)(C)C)cc(c1O)C2.Cc1cccc(C)c1O.Cc1cccc(C)c1O.[Zr]. The Morgan fingerprint density at radius 3 is 0.681 bits per heavy atom. The molecule has 69 heavy (non-hydrogen) atoms. The van der Waals surface area contributed by atoms with Crippen molar-refractivity contribution < 1.29 is 56.1 Å². The van der Waals surface area contributed by atoms with Gasteiger partial charge in [0.15, 0.2) is 0 Å². The van der Waals surface area contributed by atoms with E-state index in [0.717, 1.165) is 78.3 Å². The number of methoxy groups -OCH3 is 2. The molecule has 0 amide bonds. The predicted molar refractivity (Wildman–Crippen MR) is 283 cm³/mol. The number of aryl methyl sites for hydroxylation is 4. The largest absolute Gasteiger partial charge is 0.507 e. The van der Waals surface area contributed by atoms with E-state index in [9.17, 15) is 20.4 Å². The van der Waals surface area contributed by atoms with E-state index in [-0.39, 0.29) is 47.9 Å². The predicted octanol–water partition coefficient (Wildman–Crippen LogP) is 15.0. The molecular weight excluding hydrogens is 932 g/mol. The van der Waals surface area contributed by atoms with E-state index in [0.29, 0.717) is 48.7 Å². The summed E-state index contributed by atoms with van der Waals surface area (Å²) in [6.45, 7) is 34.3. The summed E-state index contributed by atoms with van der Waals surface area (Å²) in [5, 5.41) is 42.7. The van der Waals surface area contributed by atoms with Crippen molar-refractivity contribution in [2.24, 2.45) is 0 Å². The maximum atomic E-state index is 12.1. The molecule has 6 nitrogen and oxygen atoms in total. The molecule has 0 saturated heterocycles. The van der Waals surface area contributed by atoms with Gasteiger partial charge in [-0.05, 0) is 138 Å². The first-order valence-corrected chi connectivity index (χ1v) is 24.1. The molecule has 4 N–H and O–H groups in total. The van der Waals surface area contributed by atoms with Gasteiger partial charge in [0.05, 0.1) is 14.2 Å². The Kier molecular flexibility index (Phi) is 18.0. The van der Waals surface area contributed by atoms with Gasteiger partial charge in [0, 0.05) is 51.9 Å². The van der Waals surface area contributed by atoms with Crippen LogP contribution >= 0.6 is 0 Å². The molecule has 0 heterocycles. The molecular formula is C62H80O6Zr. The Morgan fingerprint density at radius 2 is 0.522 bits per heavy atom. The van der Waals surface area contributed by atoms with Crippen LogP contribution in [-0.2, 0) is 73.5 Å². The standard InChI is InChI=1S/C46H60O4.2C8H10O.Zr/c1-43(2,3)35-19-27-15-31-23-37(45(7,8)9)25-33(41(31)49-13)17-29-21-36(44(4,5)6)22-30(40(29)48)18-34-26-38(46(10,11)12)24-32(42(34)50-14)16-28(20-35)39(27)47;2*1-6-4-3-5-7(2)8(6)9;/h19-26,47-48H,15-18H2,1-14H3;2*3-5,9H,1-2H3;. The molecule has 0 unspecified atom stereocenters. The van der Waals surface area contributed by atoms with Crippen LogP contribution in [0, 0.1) is 27.7 Å². The Morgan fingerprint density at radius 1 is 0.333 bits per heavy atom. The van der Waals surface area contributed by atoms with E-state index in [1.54, 1.807) is 14.2 Å². The molecule has 7 heteroatoms. The normalized spacial score (nSPS) is 12.7. The van der Waals surface area contributed by atoms with Crippen LogP contribution in [0.4, 0.5) is 0 Å². The molecule has 8 bridgehead atoms. The van der Waals surface area contributed by atoms with Crippen molar-refractivity contribution in [3.05, 3.63) is 174 Å². The van der Waals surface area contributed by atoms with E-state index >= 15 is 0 Å². The summed E-state index contributed by atoms with van der Waals surface area (Å²) in [6, 6.07) is 29.1. The molecule has 0 aromatic heterocycles. The van der Waals surface area contributed by atoms with Gasteiger partial charge in [-0.1, -0.05) is 168 Å². The molecule has 0 saturated carbocycles. The number of benzene rings is 6. The van der Waals surface area contributed by atoms with Gasteiger partial charge in [-0.3, -0.25) is 0 Å². The molecule has 0 fully saturated rings. The van der Waals surface area contributed by atoms with Crippen molar-refractivity contribution in [2.75, 3.05) is 14.2 Å². The van der Waals surface area contributed by atoms with Crippen molar-refractivity contribution in [3.63, 3.8) is 0 Å². The number of para-hydroxylation sites is 2. The fraction of sp³-hybridized carbons (Fsp3) is 0.419. The second-order valence-corrected chi connectivity index (χ2v) is 23.1. The van der Waals surface area contributed by atoms with Crippen LogP contribution < -0.4 is 9.47 Å².